The molecule has 0 aliphatic carbocycles. The zero-order chi connectivity index (χ0) is 15.1. The fourth-order valence-corrected chi connectivity index (χ4v) is 2.58. The van der Waals surface area contributed by atoms with Gasteiger partial charge in [0.1, 0.15) is 17.3 Å². The van der Waals surface area contributed by atoms with Gasteiger partial charge in [0.15, 0.2) is 0 Å². The molecule has 1 aromatic heterocycles. The van der Waals surface area contributed by atoms with E-state index in [0.29, 0.717) is 29.0 Å². The molecule has 0 unspecified atom stereocenters. The largest absolute Gasteiger partial charge is 0.384 e. The minimum atomic E-state index is -0.266. The monoisotopic (exact) mass is 303 g/mol. The Balaban J connectivity index is 1.94. The molecule has 0 fully saturated rings. The predicted molar refractivity (Wildman–Crippen MR) is 80.7 cm³/mol. The second-order valence-corrected chi connectivity index (χ2v) is 5.14. The molecule has 0 aliphatic heterocycles. The summed E-state index contributed by atoms with van der Waals surface area (Å²) in [6.45, 7) is 0.106. The molecule has 0 atom stereocenters. The average molecular weight is 303 g/mol. The van der Waals surface area contributed by atoms with E-state index in [1.807, 2.05) is 0 Å². The molecule has 0 spiro atoms. The Morgan fingerprint density at radius 2 is 2.14 bits per heavy atom. The number of carbonyl (C=O) groups excluding carboxylic acids is 1. The van der Waals surface area contributed by atoms with E-state index >= 15 is 0 Å². The first kappa shape index (κ1) is 15.2. The summed E-state index contributed by atoms with van der Waals surface area (Å²) in [5.41, 5.74) is 1.17. The summed E-state index contributed by atoms with van der Waals surface area (Å²) in [4.78, 5) is 12.5. The summed E-state index contributed by atoms with van der Waals surface area (Å²) in [7, 11) is 0. The smallest absolute Gasteiger partial charge is 0.262 e. The highest BCUT2D eigenvalue weighted by molar-refractivity contribution is 7.12. The van der Waals surface area contributed by atoms with Crippen molar-refractivity contribution in [2.24, 2.45) is 0 Å². The van der Waals surface area contributed by atoms with Crippen LogP contribution in [0.2, 0.25) is 0 Å². The van der Waals surface area contributed by atoms with Gasteiger partial charge in [0.05, 0.1) is 0 Å². The maximum absolute atomic E-state index is 13.4. The molecule has 1 amide bonds. The molecular formula is C16H14FNO2S. The molecule has 2 rings (SSSR count). The number of amides is 1. The van der Waals surface area contributed by atoms with E-state index in [9.17, 15) is 9.18 Å². The third-order valence-electron chi connectivity index (χ3n) is 2.81. The van der Waals surface area contributed by atoms with E-state index < -0.39 is 0 Å². The van der Waals surface area contributed by atoms with Gasteiger partial charge in [-0.25, -0.2) is 4.39 Å². The Hall–Kier alpha value is -2.16. The third-order valence-corrected chi connectivity index (χ3v) is 3.72. The number of rotatable bonds is 4. The molecule has 0 radical (unpaired) electrons. The van der Waals surface area contributed by atoms with Crippen molar-refractivity contribution >= 4 is 17.2 Å². The van der Waals surface area contributed by atoms with Gasteiger partial charge in [-0.15, -0.1) is 11.3 Å². The van der Waals surface area contributed by atoms with Gasteiger partial charge in [-0.2, -0.15) is 0 Å². The molecule has 5 heteroatoms. The normalized spacial score (nSPS) is 9.81. The molecular weight excluding hydrogens is 289 g/mol. The summed E-state index contributed by atoms with van der Waals surface area (Å²) in [6.07, 6.45) is 0.432. The van der Waals surface area contributed by atoms with E-state index in [1.54, 1.807) is 29.6 Å². The van der Waals surface area contributed by atoms with Crippen molar-refractivity contribution in [2.75, 3.05) is 13.2 Å². The van der Waals surface area contributed by atoms with Gasteiger partial charge in [-0.05, 0) is 29.5 Å². The van der Waals surface area contributed by atoms with Crippen molar-refractivity contribution in [3.05, 3.63) is 57.5 Å². The van der Waals surface area contributed by atoms with Crippen molar-refractivity contribution in [3.8, 4) is 11.8 Å². The number of aliphatic hydroxyl groups excluding tert-OH is 1. The Morgan fingerprint density at radius 1 is 1.33 bits per heavy atom. The van der Waals surface area contributed by atoms with Gasteiger partial charge in [-0.1, -0.05) is 30.0 Å². The lowest BCUT2D eigenvalue weighted by molar-refractivity contribution is 0.0958. The van der Waals surface area contributed by atoms with Crippen molar-refractivity contribution in [2.45, 2.75) is 6.42 Å². The Labute approximate surface area is 126 Å². The number of thiophene rings is 1. The van der Waals surface area contributed by atoms with Gasteiger partial charge >= 0.3 is 0 Å². The van der Waals surface area contributed by atoms with Gasteiger partial charge in [0, 0.05) is 12.1 Å². The molecule has 0 bridgehead atoms. The van der Waals surface area contributed by atoms with Crippen LogP contribution >= 0.6 is 11.3 Å². The maximum atomic E-state index is 13.4. The molecule has 2 aromatic rings. The van der Waals surface area contributed by atoms with E-state index in [4.69, 9.17) is 5.11 Å². The molecule has 0 saturated carbocycles. The first-order valence-corrected chi connectivity index (χ1v) is 7.29. The molecule has 108 valence electrons. The maximum Gasteiger partial charge on any atom is 0.262 e. The lowest BCUT2D eigenvalue weighted by Crippen LogP contribution is -2.25. The number of benzene rings is 1. The second-order valence-electron chi connectivity index (χ2n) is 4.22. The fourth-order valence-electron chi connectivity index (χ4n) is 1.81. The molecule has 2 N–H and O–H groups in total. The quantitative estimate of drug-likeness (QED) is 0.851. The SMILES string of the molecule is O=C(NCCc1ccccc1F)c1sccc1C#CCO. The first-order chi connectivity index (χ1) is 10.2. The standard InChI is InChI=1S/C16H14FNO2S/c17-14-6-2-1-4-12(14)7-9-18-16(20)15-13(5-3-10-19)8-11-21-15/h1-2,4,6,8,11,19H,7,9-10H2,(H,18,20). The molecule has 21 heavy (non-hydrogen) atoms. The third kappa shape index (κ3) is 4.15. The summed E-state index contributed by atoms with van der Waals surface area (Å²) in [5.74, 6) is 4.75. The number of halogens is 1. The van der Waals surface area contributed by atoms with Crippen LogP contribution in [0.5, 0.6) is 0 Å². The highest BCUT2D eigenvalue weighted by Crippen LogP contribution is 2.15. The Morgan fingerprint density at radius 3 is 2.90 bits per heavy atom. The van der Waals surface area contributed by atoms with E-state index in [1.165, 1.54) is 17.4 Å². The van der Waals surface area contributed by atoms with Crippen LogP contribution in [0.3, 0.4) is 0 Å². The fraction of sp³-hybridized carbons (Fsp3) is 0.188. The predicted octanol–water partition coefficient (Wildman–Crippen LogP) is 2.20. The number of carbonyl (C=O) groups is 1. The highest BCUT2D eigenvalue weighted by Gasteiger charge is 2.11. The second kappa shape index (κ2) is 7.58. The van der Waals surface area contributed by atoms with Gasteiger partial charge < -0.3 is 10.4 Å². The van der Waals surface area contributed by atoms with Crippen molar-refractivity contribution in [1.82, 2.24) is 5.32 Å². The molecule has 0 saturated heterocycles. The van der Waals surface area contributed by atoms with Crippen LogP contribution in [0.25, 0.3) is 0 Å². The van der Waals surface area contributed by atoms with Gasteiger partial charge in [0.25, 0.3) is 5.91 Å². The summed E-state index contributed by atoms with van der Waals surface area (Å²) >= 11 is 1.29. The minimum absolute atomic E-state index is 0.233. The topological polar surface area (TPSA) is 49.3 Å². The van der Waals surface area contributed by atoms with Crippen molar-refractivity contribution in [1.29, 1.82) is 0 Å². The first-order valence-electron chi connectivity index (χ1n) is 6.41. The molecule has 0 aliphatic rings. The van der Waals surface area contributed by atoms with Crippen molar-refractivity contribution < 1.29 is 14.3 Å². The summed E-state index contributed by atoms with van der Waals surface area (Å²) in [6, 6.07) is 8.24. The van der Waals surface area contributed by atoms with Crippen LogP contribution in [0.4, 0.5) is 4.39 Å². The zero-order valence-electron chi connectivity index (χ0n) is 11.2. The van der Waals surface area contributed by atoms with Gasteiger partial charge in [0.2, 0.25) is 0 Å². The molecule has 3 nitrogen and oxygen atoms in total. The Bertz CT molecular complexity index is 685. The van der Waals surface area contributed by atoms with Gasteiger partial charge in [-0.3, -0.25) is 4.79 Å². The van der Waals surface area contributed by atoms with E-state index in [0.717, 1.165) is 0 Å². The highest BCUT2D eigenvalue weighted by atomic mass is 32.1. The summed E-state index contributed by atoms with van der Waals surface area (Å²) in [5, 5.41) is 13.2. The molecule has 1 heterocycles. The van der Waals surface area contributed by atoms with Crippen LogP contribution in [-0.4, -0.2) is 24.2 Å². The van der Waals surface area contributed by atoms with Crippen LogP contribution in [0.15, 0.2) is 35.7 Å². The zero-order valence-corrected chi connectivity index (χ0v) is 12.0. The summed E-state index contributed by atoms with van der Waals surface area (Å²) < 4.78 is 13.4. The van der Waals surface area contributed by atoms with Crippen LogP contribution < -0.4 is 5.32 Å². The van der Waals surface area contributed by atoms with Crippen molar-refractivity contribution in [3.63, 3.8) is 0 Å². The van der Waals surface area contributed by atoms with Crippen LogP contribution in [-0.2, 0) is 6.42 Å². The number of aliphatic hydroxyl groups is 1. The minimum Gasteiger partial charge on any atom is -0.384 e. The van der Waals surface area contributed by atoms with E-state index in [2.05, 4.69) is 17.2 Å². The lowest BCUT2D eigenvalue weighted by atomic mass is 10.1. The number of hydrogen-bond acceptors (Lipinski definition) is 3. The van der Waals surface area contributed by atoms with E-state index in [-0.39, 0.29) is 18.3 Å². The number of hydrogen-bond donors (Lipinski definition) is 2. The molecule has 1 aromatic carbocycles. The lowest BCUT2D eigenvalue weighted by Gasteiger charge is -2.05. The average Bonchev–Trinajstić information content (AvgIpc) is 2.95. The Kier molecular flexibility index (Phi) is 5.50. The number of nitrogens with one attached hydrogen (secondary N) is 1. The van der Waals surface area contributed by atoms with Crippen LogP contribution in [0.1, 0.15) is 20.8 Å². The van der Waals surface area contributed by atoms with Crippen LogP contribution in [0, 0.1) is 17.7 Å².